The molecule has 12 heteroatoms. The van der Waals surface area contributed by atoms with E-state index in [2.05, 4.69) is 41.8 Å². The van der Waals surface area contributed by atoms with Gasteiger partial charge < -0.3 is 19.9 Å². The van der Waals surface area contributed by atoms with Gasteiger partial charge >= 0.3 is 0 Å². The summed E-state index contributed by atoms with van der Waals surface area (Å²) in [6.45, 7) is 9.40. The van der Waals surface area contributed by atoms with Crippen LogP contribution < -0.4 is 15.0 Å². The Morgan fingerprint density at radius 3 is 2.85 bits per heavy atom. The first-order chi connectivity index (χ1) is 19.0. The van der Waals surface area contributed by atoms with E-state index in [1.165, 1.54) is 18.7 Å². The predicted molar refractivity (Wildman–Crippen MR) is 146 cm³/mol. The third kappa shape index (κ3) is 4.79. The number of carbonyl (C=O) groups is 1. The normalized spacial score (nSPS) is 15.5. The summed E-state index contributed by atoms with van der Waals surface area (Å²) in [4.78, 5) is 38.3. The number of nitrogens with one attached hydrogen (secondary N) is 1. The standard InChI is InChI=1S/C27H26N10O2/c1-4-24(38)36-10-9-35(14-18(36)3)27-28-13-21-25(34-27)26(31-15-29-21)33-19-5-6-22(17(2)11-19)39-20-7-8-37-23(12-20)30-16-32-37/h4-8,11-13,15-16,18H,1,9-10,14H2,2-3H3,(H,29,31,33)/t18-/m1/s1. The minimum atomic E-state index is -0.0652. The Bertz CT molecular complexity index is 1700. The maximum absolute atomic E-state index is 12.1. The minimum absolute atomic E-state index is 0.00941. The van der Waals surface area contributed by atoms with Crippen molar-refractivity contribution < 1.29 is 9.53 Å². The van der Waals surface area contributed by atoms with Gasteiger partial charge in [0.1, 0.15) is 35.2 Å². The van der Waals surface area contributed by atoms with Crippen molar-refractivity contribution in [2.75, 3.05) is 29.9 Å². The first-order valence-corrected chi connectivity index (χ1v) is 12.5. The van der Waals surface area contributed by atoms with E-state index in [0.29, 0.717) is 53.8 Å². The zero-order chi connectivity index (χ0) is 26.9. The zero-order valence-corrected chi connectivity index (χ0v) is 21.5. The van der Waals surface area contributed by atoms with Crippen molar-refractivity contribution in [1.29, 1.82) is 0 Å². The van der Waals surface area contributed by atoms with Gasteiger partial charge in [0.15, 0.2) is 11.5 Å². The second kappa shape index (κ2) is 9.97. The second-order valence-corrected chi connectivity index (χ2v) is 9.29. The van der Waals surface area contributed by atoms with Crippen LogP contribution in [0.25, 0.3) is 16.7 Å². The number of benzene rings is 1. The van der Waals surface area contributed by atoms with Crippen molar-refractivity contribution >= 4 is 40.0 Å². The van der Waals surface area contributed by atoms with Crippen LogP contribution >= 0.6 is 0 Å². The number of carbonyl (C=O) groups excluding carboxylic acids is 1. The molecule has 12 nitrogen and oxygen atoms in total. The summed E-state index contributed by atoms with van der Waals surface area (Å²) < 4.78 is 7.77. The van der Waals surface area contributed by atoms with Crippen molar-refractivity contribution in [3.05, 3.63) is 73.6 Å². The molecular weight excluding hydrogens is 496 g/mol. The highest BCUT2D eigenvalue weighted by Crippen LogP contribution is 2.30. The summed E-state index contributed by atoms with van der Waals surface area (Å²) in [6.07, 6.45) is 7.85. The van der Waals surface area contributed by atoms with Crippen molar-refractivity contribution in [3.63, 3.8) is 0 Å². The molecule has 1 aliphatic rings. The molecule has 1 saturated heterocycles. The molecular formula is C27H26N10O2. The molecule has 0 unspecified atom stereocenters. The third-order valence-electron chi connectivity index (χ3n) is 6.65. The molecule has 1 atom stereocenters. The van der Waals surface area contributed by atoms with E-state index in [9.17, 15) is 4.79 Å². The summed E-state index contributed by atoms with van der Waals surface area (Å²) in [5.74, 6) is 2.48. The van der Waals surface area contributed by atoms with Gasteiger partial charge in [-0.15, -0.1) is 0 Å². The third-order valence-corrected chi connectivity index (χ3v) is 6.65. The van der Waals surface area contributed by atoms with Crippen LogP contribution in [0.4, 0.5) is 17.5 Å². The molecule has 1 aliphatic heterocycles. The maximum Gasteiger partial charge on any atom is 0.246 e. The Morgan fingerprint density at radius 1 is 1.13 bits per heavy atom. The van der Waals surface area contributed by atoms with Crippen molar-refractivity contribution in [2.45, 2.75) is 19.9 Å². The van der Waals surface area contributed by atoms with Crippen molar-refractivity contribution in [2.24, 2.45) is 0 Å². The van der Waals surface area contributed by atoms with Crippen LogP contribution in [-0.2, 0) is 4.79 Å². The minimum Gasteiger partial charge on any atom is -0.457 e. The van der Waals surface area contributed by atoms with Gasteiger partial charge in [-0.05, 0) is 49.8 Å². The van der Waals surface area contributed by atoms with Crippen LogP contribution in [-0.4, -0.2) is 71.0 Å². The lowest BCUT2D eigenvalue weighted by molar-refractivity contribution is -0.128. The van der Waals surface area contributed by atoms with E-state index in [4.69, 9.17) is 9.72 Å². The van der Waals surface area contributed by atoms with Crippen LogP contribution in [0.2, 0.25) is 0 Å². The number of fused-ring (bicyclic) bond motifs is 2. The highest BCUT2D eigenvalue weighted by atomic mass is 16.5. The molecule has 6 rings (SSSR count). The molecule has 0 aliphatic carbocycles. The zero-order valence-electron chi connectivity index (χ0n) is 21.5. The lowest BCUT2D eigenvalue weighted by Crippen LogP contribution is -2.54. The fraction of sp³-hybridized carbons (Fsp3) is 0.222. The topological polar surface area (TPSA) is 127 Å². The average Bonchev–Trinajstić information content (AvgIpc) is 3.42. The van der Waals surface area contributed by atoms with Gasteiger partial charge in [0.25, 0.3) is 0 Å². The van der Waals surface area contributed by atoms with Gasteiger partial charge in [-0.1, -0.05) is 6.58 Å². The van der Waals surface area contributed by atoms with Gasteiger partial charge in [0.2, 0.25) is 11.9 Å². The number of hydrogen-bond donors (Lipinski definition) is 1. The number of hydrogen-bond acceptors (Lipinski definition) is 10. The highest BCUT2D eigenvalue weighted by Gasteiger charge is 2.27. The Hall–Kier alpha value is -5.13. The van der Waals surface area contributed by atoms with Crippen LogP contribution in [0, 0.1) is 6.92 Å². The molecule has 0 spiro atoms. The van der Waals surface area contributed by atoms with E-state index in [0.717, 1.165) is 17.0 Å². The molecule has 39 heavy (non-hydrogen) atoms. The lowest BCUT2D eigenvalue weighted by atomic mass is 10.2. The molecule has 5 aromatic rings. The fourth-order valence-electron chi connectivity index (χ4n) is 4.64. The second-order valence-electron chi connectivity index (χ2n) is 9.29. The number of rotatable bonds is 6. The molecule has 1 amide bonds. The summed E-state index contributed by atoms with van der Waals surface area (Å²) >= 11 is 0. The molecule has 1 N–H and O–H groups in total. The van der Waals surface area contributed by atoms with Gasteiger partial charge in [0.05, 0.1) is 6.20 Å². The molecule has 0 saturated carbocycles. The Labute approximate surface area is 224 Å². The number of nitrogens with zero attached hydrogens (tertiary/aromatic N) is 9. The Kier molecular flexibility index (Phi) is 6.19. The Morgan fingerprint density at radius 2 is 2.03 bits per heavy atom. The van der Waals surface area contributed by atoms with Crippen LogP contribution in [0.1, 0.15) is 12.5 Å². The molecule has 5 heterocycles. The number of amides is 1. The first-order valence-electron chi connectivity index (χ1n) is 12.5. The summed E-state index contributed by atoms with van der Waals surface area (Å²) in [5.41, 5.74) is 3.72. The van der Waals surface area contributed by atoms with Crippen molar-refractivity contribution in [3.8, 4) is 11.5 Å². The van der Waals surface area contributed by atoms with E-state index < -0.39 is 0 Å². The molecule has 4 aromatic heterocycles. The molecule has 1 aromatic carbocycles. The number of aryl methyl sites for hydroxylation is 1. The van der Waals surface area contributed by atoms with Crippen LogP contribution in [0.15, 0.2) is 68.0 Å². The summed E-state index contributed by atoms with van der Waals surface area (Å²) in [5, 5.41) is 7.47. The predicted octanol–water partition coefficient (Wildman–Crippen LogP) is 3.53. The van der Waals surface area contributed by atoms with Crippen LogP contribution in [0.3, 0.4) is 0 Å². The average molecular weight is 523 g/mol. The number of aromatic nitrogens is 7. The fourth-order valence-corrected chi connectivity index (χ4v) is 4.64. The van der Waals surface area contributed by atoms with Gasteiger partial charge in [-0.3, -0.25) is 4.79 Å². The van der Waals surface area contributed by atoms with Gasteiger partial charge in [-0.2, -0.15) is 5.10 Å². The Balaban J connectivity index is 1.22. The monoisotopic (exact) mass is 522 g/mol. The molecule has 0 radical (unpaired) electrons. The maximum atomic E-state index is 12.1. The SMILES string of the molecule is C=CC(=O)N1CCN(c2ncc3ncnc(Nc4ccc(Oc5ccn6ncnc6c5)c(C)c4)c3n2)C[C@H]1C. The van der Waals surface area contributed by atoms with E-state index in [1.807, 2.05) is 49.1 Å². The molecule has 196 valence electrons. The molecule has 1 fully saturated rings. The van der Waals surface area contributed by atoms with Crippen molar-refractivity contribution in [1.82, 2.24) is 39.4 Å². The quantitative estimate of drug-likeness (QED) is 0.331. The van der Waals surface area contributed by atoms with E-state index in [-0.39, 0.29) is 11.9 Å². The number of anilines is 3. The largest absolute Gasteiger partial charge is 0.457 e. The number of piperazine rings is 1. The first kappa shape index (κ1) is 24.2. The van der Waals surface area contributed by atoms with Gasteiger partial charge in [-0.25, -0.2) is 29.4 Å². The van der Waals surface area contributed by atoms with Crippen LogP contribution in [0.5, 0.6) is 11.5 Å². The number of pyridine rings is 1. The smallest absolute Gasteiger partial charge is 0.246 e. The van der Waals surface area contributed by atoms with E-state index in [1.54, 1.807) is 16.9 Å². The number of ether oxygens (including phenoxy) is 1. The summed E-state index contributed by atoms with van der Waals surface area (Å²) in [6, 6.07) is 9.50. The lowest BCUT2D eigenvalue weighted by Gasteiger charge is -2.39. The summed E-state index contributed by atoms with van der Waals surface area (Å²) in [7, 11) is 0. The highest BCUT2D eigenvalue weighted by molar-refractivity contribution is 5.88. The molecule has 0 bridgehead atoms. The van der Waals surface area contributed by atoms with E-state index >= 15 is 0 Å². The van der Waals surface area contributed by atoms with Gasteiger partial charge in [0, 0.05) is 43.6 Å².